The molecule has 3 aromatic heterocycles. The summed E-state index contributed by atoms with van der Waals surface area (Å²) in [6.45, 7) is 0. The minimum absolute atomic E-state index is 0.373. The van der Waals surface area contributed by atoms with Gasteiger partial charge in [0.1, 0.15) is 12.1 Å². The number of nitriles is 2. The van der Waals surface area contributed by atoms with E-state index >= 15 is 0 Å². The predicted molar refractivity (Wildman–Crippen MR) is 168 cm³/mol. The van der Waals surface area contributed by atoms with Crippen molar-refractivity contribution in [2.45, 2.75) is 0 Å². The molecule has 5 aromatic carbocycles. The quantitative estimate of drug-likeness (QED) is 0.227. The van der Waals surface area contributed by atoms with Gasteiger partial charge in [0, 0.05) is 44.7 Å². The molecular formula is C37H21N5. The molecule has 0 saturated carbocycles. The Kier molecular flexibility index (Phi) is 5.19. The molecule has 8 rings (SSSR count). The molecular weight excluding hydrogens is 514 g/mol. The van der Waals surface area contributed by atoms with Crippen LogP contribution in [0.3, 0.4) is 0 Å². The Morgan fingerprint density at radius 3 is 1.62 bits per heavy atom. The minimum Gasteiger partial charge on any atom is -0.309 e. The molecule has 194 valence electrons. The third kappa shape index (κ3) is 3.45. The van der Waals surface area contributed by atoms with Gasteiger partial charge in [-0.3, -0.25) is 4.98 Å². The fraction of sp³-hybridized carbons (Fsp3) is 0. The summed E-state index contributed by atoms with van der Waals surface area (Å²) < 4.78 is 4.63. The molecule has 3 heterocycles. The van der Waals surface area contributed by atoms with Crippen molar-refractivity contribution in [2.75, 3.05) is 0 Å². The zero-order chi connectivity index (χ0) is 28.2. The zero-order valence-electron chi connectivity index (χ0n) is 22.4. The lowest BCUT2D eigenvalue weighted by Crippen LogP contribution is -1.96. The highest BCUT2D eigenvalue weighted by molar-refractivity contribution is 6.12. The average molecular weight is 536 g/mol. The molecule has 5 nitrogen and oxygen atoms in total. The van der Waals surface area contributed by atoms with Crippen LogP contribution in [0.15, 0.2) is 128 Å². The maximum Gasteiger partial charge on any atom is 0.101 e. The number of nitrogens with zero attached hydrogens (tertiary/aromatic N) is 5. The number of fused-ring (bicyclic) bond motifs is 6. The Labute approximate surface area is 241 Å². The van der Waals surface area contributed by atoms with Crippen molar-refractivity contribution in [1.82, 2.24) is 14.1 Å². The molecule has 0 radical (unpaired) electrons. The van der Waals surface area contributed by atoms with E-state index in [-0.39, 0.29) is 0 Å². The summed E-state index contributed by atoms with van der Waals surface area (Å²) in [7, 11) is 0. The van der Waals surface area contributed by atoms with Crippen LogP contribution in [0.1, 0.15) is 11.1 Å². The van der Waals surface area contributed by atoms with E-state index in [0.717, 1.165) is 28.0 Å². The van der Waals surface area contributed by atoms with Gasteiger partial charge in [-0.15, -0.1) is 0 Å². The topological polar surface area (TPSA) is 70.3 Å². The van der Waals surface area contributed by atoms with Gasteiger partial charge in [0.25, 0.3) is 0 Å². The highest BCUT2D eigenvalue weighted by Gasteiger charge is 2.16. The van der Waals surface area contributed by atoms with Crippen LogP contribution in [0.5, 0.6) is 0 Å². The van der Waals surface area contributed by atoms with Crippen molar-refractivity contribution in [3.8, 4) is 34.8 Å². The number of aromatic nitrogens is 3. The number of rotatable bonds is 3. The summed E-state index contributed by atoms with van der Waals surface area (Å²) in [6.07, 6.45) is 1.51. The van der Waals surface area contributed by atoms with Crippen molar-refractivity contribution < 1.29 is 0 Å². The molecule has 8 aromatic rings. The lowest BCUT2D eigenvalue weighted by molar-refractivity contribution is 1.16. The van der Waals surface area contributed by atoms with E-state index in [1.807, 2.05) is 12.1 Å². The monoisotopic (exact) mass is 535 g/mol. The second-order valence-corrected chi connectivity index (χ2v) is 10.3. The van der Waals surface area contributed by atoms with Gasteiger partial charge >= 0.3 is 0 Å². The molecule has 0 aliphatic rings. The molecule has 0 fully saturated rings. The van der Waals surface area contributed by atoms with E-state index in [1.54, 1.807) is 6.07 Å². The van der Waals surface area contributed by atoms with Gasteiger partial charge in [-0.1, -0.05) is 66.7 Å². The van der Waals surface area contributed by atoms with Crippen molar-refractivity contribution in [3.05, 3.63) is 139 Å². The third-order valence-electron chi connectivity index (χ3n) is 8.03. The van der Waals surface area contributed by atoms with Crippen molar-refractivity contribution in [1.29, 1.82) is 10.5 Å². The summed E-state index contributed by atoms with van der Waals surface area (Å²) in [5, 5.41) is 23.7. The number of hydrogen-bond acceptors (Lipinski definition) is 3. The summed E-state index contributed by atoms with van der Waals surface area (Å²) in [4.78, 5) is 4.41. The maximum absolute atomic E-state index is 9.64. The van der Waals surface area contributed by atoms with Crippen molar-refractivity contribution >= 4 is 43.6 Å². The van der Waals surface area contributed by atoms with Gasteiger partial charge in [0.2, 0.25) is 0 Å². The summed E-state index contributed by atoms with van der Waals surface area (Å²) in [5.74, 6) is 0. The van der Waals surface area contributed by atoms with Gasteiger partial charge in [-0.05, 0) is 54.6 Å². The van der Waals surface area contributed by atoms with Gasteiger partial charge < -0.3 is 9.13 Å². The Balaban J connectivity index is 1.31. The maximum atomic E-state index is 9.64. The average Bonchev–Trinajstić information content (AvgIpc) is 3.57. The zero-order valence-corrected chi connectivity index (χ0v) is 22.4. The molecule has 0 spiro atoms. The summed E-state index contributed by atoms with van der Waals surface area (Å²) >= 11 is 0. The highest BCUT2D eigenvalue weighted by atomic mass is 15.0. The molecule has 42 heavy (non-hydrogen) atoms. The van der Waals surface area contributed by atoms with E-state index in [9.17, 15) is 10.5 Å². The first-order valence-electron chi connectivity index (χ1n) is 13.7. The molecule has 0 aliphatic heterocycles. The Bertz CT molecular complexity index is 2380. The number of para-hydroxylation sites is 3. The van der Waals surface area contributed by atoms with Gasteiger partial charge in [0.15, 0.2) is 0 Å². The van der Waals surface area contributed by atoms with Crippen LogP contribution in [0.25, 0.3) is 66.2 Å². The van der Waals surface area contributed by atoms with Crippen molar-refractivity contribution in [2.24, 2.45) is 0 Å². The van der Waals surface area contributed by atoms with Crippen LogP contribution in [0.2, 0.25) is 0 Å². The van der Waals surface area contributed by atoms with Crippen LogP contribution in [-0.2, 0) is 0 Å². The Morgan fingerprint density at radius 1 is 0.500 bits per heavy atom. The van der Waals surface area contributed by atoms with Crippen LogP contribution in [0.4, 0.5) is 0 Å². The first kappa shape index (κ1) is 23.7. The van der Waals surface area contributed by atoms with E-state index in [2.05, 4.69) is 129 Å². The third-order valence-corrected chi connectivity index (χ3v) is 8.03. The molecule has 0 aliphatic carbocycles. The van der Waals surface area contributed by atoms with E-state index in [1.165, 1.54) is 38.8 Å². The smallest absolute Gasteiger partial charge is 0.101 e. The van der Waals surface area contributed by atoms with E-state index in [4.69, 9.17) is 0 Å². The summed E-state index contributed by atoms with van der Waals surface area (Å²) in [6, 6.07) is 46.2. The molecule has 0 saturated heterocycles. The first-order valence-corrected chi connectivity index (χ1v) is 13.7. The van der Waals surface area contributed by atoms with Gasteiger partial charge in [-0.25, -0.2) is 0 Å². The van der Waals surface area contributed by atoms with Crippen molar-refractivity contribution in [3.63, 3.8) is 0 Å². The SMILES string of the molecule is N#Cc1cnc(-c2ccc(-n3c4ccccc4c4cc(-n5c6ccccc6c6ccccc65)ccc43)cc2)c(C#N)c1. The molecule has 5 heteroatoms. The Morgan fingerprint density at radius 2 is 1.02 bits per heavy atom. The predicted octanol–water partition coefficient (Wildman–Crippen LogP) is 8.69. The number of hydrogen-bond donors (Lipinski definition) is 0. The van der Waals surface area contributed by atoms with Crippen LogP contribution in [0, 0.1) is 22.7 Å². The molecule has 0 N–H and O–H groups in total. The number of pyridine rings is 1. The summed E-state index contributed by atoms with van der Waals surface area (Å²) in [5.41, 5.74) is 8.90. The fourth-order valence-corrected chi connectivity index (χ4v) is 6.19. The van der Waals surface area contributed by atoms with Gasteiger partial charge in [0.05, 0.1) is 38.9 Å². The number of benzene rings is 5. The fourth-order valence-electron chi connectivity index (χ4n) is 6.19. The normalized spacial score (nSPS) is 11.3. The van der Waals surface area contributed by atoms with Crippen LogP contribution >= 0.6 is 0 Å². The second-order valence-electron chi connectivity index (χ2n) is 10.3. The Hall–Kier alpha value is -6.17. The van der Waals surface area contributed by atoms with Crippen LogP contribution < -0.4 is 0 Å². The lowest BCUT2D eigenvalue weighted by atomic mass is 10.0. The largest absolute Gasteiger partial charge is 0.309 e. The minimum atomic E-state index is 0.373. The highest BCUT2D eigenvalue weighted by Crippen LogP contribution is 2.37. The van der Waals surface area contributed by atoms with Crippen LogP contribution in [-0.4, -0.2) is 14.1 Å². The molecule has 0 amide bonds. The van der Waals surface area contributed by atoms with E-state index in [0.29, 0.717) is 16.8 Å². The standard InChI is InChI=1S/C37H21N5/c38-21-24-19-26(22-39)37(40-23-24)25-13-15-27(16-14-25)41-35-12-6-3-9-31(35)32-20-28(17-18-36(32)41)42-33-10-4-1-7-29(33)30-8-2-5-11-34(30)42/h1-20,23H. The van der Waals surface area contributed by atoms with E-state index < -0.39 is 0 Å². The lowest BCUT2D eigenvalue weighted by Gasteiger charge is -2.11. The first-order chi connectivity index (χ1) is 20.7. The second kappa shape index (κ2) is 9.20. The molecule has 0 unspecified atom stereocenters. The molecule has 0 atom stereocenters. The van der Waals surface area contributed by atoms with Gasteiger partial charge in [-0.2, -0.15) is 10.5 Å². The molecule has 0 bridgehead atoms.